The Kier molecular flexibility index (Phi) is 11.4. The van der Waals surface area contributed by atoms with Gasteiger partial charge >= 0.3 is 0 Å². The van der Waals surface area contributed by atoms with Crippen molar-refractivity contribution >= 4 is 73.6 Å². The summed E-state index contributed by atoms with van der Waals surface area (Å²) < 4.78 is 11.7. The Bertz CT molecular complexity index is 1900. The van der Waals surface area contributed by atoms with Crippen molar-refractivity contribution in [3.63, 3.8) is 0 Å². The number of thioether (sulfide) groups is 1. The van der Waals surface area contributed by atoms with Crippen molar-refractivity contribution in [3.05, 3.63) is 124 Å². The van der Waals surface area contributed by atoms with E-state index < -0.39 is 11.8 Å². The fourth-order valence-corrected chi connectivity index (χ4v) is 5.97. The van der Waals surface area contributed by atoms with E-state index in [4.69, 9.17) is 9.47 Å². The maximum Gasteiger partial charge on any atom is 0.272 e. The molecule has 3 N–H and O–H groups in total. The highest BCUT2D eigenvalue weighted by Crippen LogP contribution is 2.29. The van der Waals surface area contributed by atoms with Crippen LogP contribution in [0.25, 0.3) is 17.3 Å². The Labute approximate surface area is 288 Å². The summed E-state index contributed by atoms with van der Waals surface area (Å²) in [6, 6.07) is 28.7. The lowest BCUT2D eigenvalue weighted by Crippen LogP contribution is -2.30. The molecule has 0 unspecified atom stereocenters. The molecule has 0 aliphatic carbocycles. The molecule has 9 nitrogen and oxygen atoms in total. The van der Waals surface area contributed by atoms with Crippen molar-refractivity contribution in [1.29, 1.82) is 0 Å². The Morgan fingerprint density at radius 3 is 2.30 bits per heavy atom. The topological polar surface area (TPSA) is 119 Å². The lowest BCUT2D eigenvalue weighted by molar-refractivity contribution is -0.114. The van der Waals surface area contributed by atoms with Crippen LogP contribution in [0.15, 0.2) is 118 Å². The fraction of sp³-hybridized carbons (Fsp3) is 0.0857. The average Bonchev–Trinajstić information content (AvgIpc) is 3.56. The number of benzene rings is 4. The Morgan fingerprint density at radius 2 is 1.60 bits per heavy atom. The quantitative estimate of drug-likeness (QED) is 0.0889. The van der Waals surface area contributed by atoms with Crippen LogP contribution in [-0.4, -0.2) is 42.7 Å². The van der Waals surface area contributed by atoms with Crippen molar-refractivity contribution in [2.45, 2.75) is 4.90 Å². The zero-order valence-corrected chi connectivity index (χ0v) is 28.5. The average molecular weight is 730 g/mol. The second-order valence-corrected chi connectivity index (χ2v) is 12.7. The lowest BCUT2D eigenvalue weighted by atomic mass is 10.1. The first-order valence-corrected chi connectivity index (χ1v) is 16.8. The van der Waals surface area contributed by atoms with Gasteiger partial charge in [-0.05, 0) is 72.3 Å². The number of nitrogens with one attached hydrogen (secondary N) is 3. The van der Waals surface area contributed by atoms with Gasteiger partial charge < -0.3 is 25.4 Å². The number of hydrogen-bond donors (Lipinski definition) is 3. The summed E-state index contributed by atoms with van der Waals surface area (Å²) in [6.45, 7) is 0. The van der Waals surface area contributed by atoms with Gasteiger partial charge in [0, 0.05) is 31.6 Å². The molecule has 5 aromatic rings. The predicted molar refractivity (Wildman–Crippen MR) is 191 cm³/mol. The number of thiazole rings is 1. The molecule has 0 spiro atoms. The van der Waals surface area contributed by atoms with Crippen molar-refractivity contribution in [2.75, 3.05) is 30.6 Å². The van der Waals surface area contributed by atoms with Crippen LogP contribution in [0.3, 0.4) is 0 Å². The largest absolute Gasteiger partial charge is 0.493 e. The molecule has 0 bridgehead atoms. The molecule has 238 valence electrons. The van der Waals surface area contributed by atoms with Crippen LogP contribution >= 0.6 is 39.0 Å². The minimum atomic E-state index is -0.519. The molecule has 0 aliphatic rings. The summed E-state index contributed by atoms with van der Waals surface area (Å²) in [5.74, 6) is 0.0725. The molecule has 12 heteroatoms. The Hall–Kier alpha value is -4.91. The normalized spacial score (nSPS) is 11.0. The molecular weight excluding hydrogens is 700 g/mol. The minimum Gasteiger partial charge on any atom is -0.493 e. The number of rotatable bonds is 12. The van der Waals surface area contributed by atoms with Gasteiger partial charge in [-0.2, -0.15) is 0 Å². The van der Waals surface area contributed by atoms with Gasteiger partial charge in [-0.1, -0.05) is 52.3 Å². The first-order chi connectivity index (χ1) is 22.8. The first kappa shape index (κ1) is 33.5. The fourth-order valence-electron chi connectivity index (χ4n) is 4.27. The van der Waals surface area contributed by atoms with E-state index in [0.29, 0.717) is 33.4 Å². The van der Waals surface area contributed by atoms with Gasteiger partial charge in [-0.25, -0.2) is 4.98 Å². The summed E-state index contributed by atoms with van der Waals surface area (Å²) in [6.07, 6.45) is 1.56. The minimum absolute atomic E-state index is 0.0340. The molecule has 0 atom stereocenters. The molecule has 1 aromatic heterocycles. The van der Waals surface area contributed by atoms with Crippen LogP contribution in [0.4, 0.5) is 10.8 Å². The molecule has 0 saturated carbocycles. The molecule has 47 heavy (non-hydrogen) atoms. The van der Waals surface area contributed by atoms with Crippen molar-refractivity contribution < 1.29 is 23.9 Å². The third-order valence-electron chi connectivity index (χ3n) is 6.62. The summed E-state index contributed by atoms with van der Waals surface area (Å²) in [5.41, 5.74) is 3.33. The first-order valence-electron chi connectivity index (χ1n) is 14.2. The highest BCUT2D eigenvalue weighted by molar-refractivity contribution is 9.10. The standard InChI is InChI=1S/C35H29BrN4O5S2/c1-44-30-17-8-22(19-31(30)45-2)18-28(38-33(42)24-6-4-3-5-7-24)34(43)37-26-13-15-27(16-14-26)46-21-32(41)40-35-39-29(20-47-35)23-9-11-25(36)12-10-23/h3-20H,21H2,1-2H3,(H,37,43)(H,38,42)(H,39,40,41)/b28-18-. The van der Waals surface area contributed by atoms with Crippen LogP contribution in [0, 0.1) is 0 Å². The monoisotopic (exact) mass is 728 g/mol. The van der Waals surface area contributed by atoms with E-state index >= 15 is 0 Å². The van der Waals surface area contributed by atoms with Crippen molar-refractivity contribution in [2.24, 2.45) is 0 Å². The number of carbonyl (C=O) groups is 3. The predicted octanol–water partition coefficient (Wildman–Crippen LogP) is 7.73. The van der Waals surface area contributed by atoms with E-state index in [9.17, 15) is 14.4 Å². The van der Waals surface area contributed by atoms with Gasteiger partial charge in [0.2, 0.25) is 5.91 Å². The summed E-state index contributed by atoms with van der Waals surface area (Å²) in [4.78, 5) is 44.4. The smallest absolute Gasteiger partial charge is 0.272 e. The number of carbonyl (C=O) groups excluding carboxylic acids is 3. The van der Waals surface area contributed by atoms with Crippen LogP contribution < -0.4 is 25.4 Å². The summed E-state index contributed by atoms with van der Waals surface area (Å²) in [7, 11) is 3.06. The van der Waals surface area contributed by atoms with E-state index in [-0.39, 0.29) is 17.4 Å². The molecule has 0 saturated heterocycles. The van der Waals surface area contributed by atoms with Gasteiger partial charge in [0.25, 0.3) is 11.8 Å². The maximum atomic E-state index is 13.4. The second-order valence-electron chi connectivity index (χ2n) is 9.85. The number of anilines is 2. The van der Waals surface area contributed by atoms with E-state index in [2.05, 4.69) is 36.9 Å². The van der Waals surface area contributed by atoms with Crippen molar-refractivity contribution in [1.82, 2.24) is 10.3 Å². The molecule has 0 fully saturated rings. The van der Waals surface area contributed by atoms with Gasteiger partial charge in [-0.3, -0.25) is 14.4 Å². The number of aromatic nitrogens is 1. The zero-order chi connectivity index (χ0) is 33.2. The summed E-state index contributed by atoms with van der Waals surface area (Å²) >= 11 is 6.15. The van der Waals surface area contributed by atoms with Crippen LogP contribution in [-0.2, 0) is 9.59 Å². The number of halogens is 1. The zero-order valence-electron chi connectivity index (χ0n) is 25.3. The van der Waals surface area contributed by atoms with Gasteiger partial charge in [0.15, 0.2) is 16.6 Å². The molecular formula is C35H29BrN4O5S2. The number of nitrogens with zero attached hydrogens (tertiary/aromatic N) is 1. The number of methoxy groups -OCH3 is 2. The Morgan fingerprint density at radius 1 is 0.872 bits per heavy atom. The van der Waals surface area contributed by atoms with Crippen molar-refractivity contribution in [3.8, 4) is 22.8 Å². The third-order valence-corrected chi connectivity index (χ3v) is 8.92. The van der Waals surface area contributed by atoms with Crippen LogP contribution in [0.2, 0.25) is 0 Å². The molecule has 0 radical (unpaired) electrons. The van der Waals surface area contributed by atoms with Gasteiger partial charge in [0.1, 0.15) is 5.70 Å². The van der Waals surface area contributed by atoms with Crippen LogP contribution in [0.1, 0.15) is 15.9 Å². The molecule has 0 aliphatic heterocycles. The highest BCUT2D eigenvalue weighted by atomic mass is 79.9. The van der Waals surface area contributed by atoms with E-state index in [1.807, 2.05) is 41.8 Å². The number of hydrogen-bond acceptors (Lipinski definition) is 8. The number of amides is 3. The van der Waals surface area contributed by atoms with E-state index in [0.717, 1.165) is 20.6 Å². The second kappa shape index (κ2) is 16.1. The molecule has 3 amide bonds. The van der Waals surface area contributed by atoms with Gasteiger partial charge in [0.05, 0.1) is 25.7 Å². The third kappa shape index (κ3) is 9.32. The van der Waals surface area contributed by atoms with E-state index in [1.54, 1.807) is 66.7 Å². The van der Waals surface area contributed by atoms with Gasteiger partial charge in [-0.15, -0.1) is 23.1 Å². The molecule has 4 aromatic carbocycles. The Balaban J connectivity index is 1.21. The lowest BCUT2D eigenvalue weighted by Gasteiger charge is -2.13. The summed E-state index contributed by atoms with van der Waals surface area (Å²) in [5, 5.41) is 10.9. The SMILES string of the molecule is COc1ccc(/C=C(\NC(=O)c2ccccc2)C(=O)Nc2ccc(SCC(=O)Nc3nc(-c4ccc(Br)cc4)cs3)cc2)cc1OC. The maximum absolute atomic E-state index is 13.4. The molecule has 1 heterocycles. The number of ether oxygens (including phenoxy) is 2. The molecule has 5 rings (SSSR count). The highest BCUT2D eigenvalue weighted by Gasteiger charge is 2.16. The van der Waals surface area contributed by atoms with E-state index in [1.165, 1.54) is 37.3 Å². The van der Waals surface area contributed by atoms with Crippen LogP contribution in [0.5, 0.6) is 11.5 Å².